The molecule has 1 aromatic heterocycles. The van der Waals surface area contributed by atoms with E-state index in [2.05, 4.69) is 55.4 Å². The van der Waals surface area contributed by atoms with Crippen molar-refractivity contribution in [2.24, 2.45) is 0 Å². The molecule has 0 radical (unpaired) electrons. The van der Waals surface area contributed by atoms with Crippen LogP contribution >= 0.6 is 27.3 Å². The number of halogens is 1. The number of ether oxygens (including phenoxy) is 1. The fourth-order valence-corrected chi connectivity index (χ4v) is 5.28. The van der Waals surface area contributed by atoms with E-state index in [-0.39, 0.29) is 5.91 Å². The number of piperazine rings is 1. The summed E-state index contributed by atoms with van der Waals surface area (Å²) in [7, 11) is 0. The lowest BCUT2D eigenvalue weighted by molar-refractivity contribution is -0.143. The second-order valence-electron chi connectivity index (χ2n) is 7.66. The molecule has 2 fully saturated rings. The fourth-order valence-electron chi connectivity index (χ4n) is 4.32. The fraction of sp³-hybridized carbons (Fsp3) is 0.500. The molecular formula is C22H27BrN2O2S. The smallest absolute Gasteiger partial charge is 0.233 e. The SMILES string of the molecule is O=C(N1CCN(CCc2cccs2)CC1)C1(c2ccc(Br)cc2)CCOCC1. The molecule has 3 heterocycles. The summed E-state index contributed by atoms with van der Waals surface area (Å²) < 4.78 is 6.65. The molecule has 0 unspecified atom stereocenters. The van der Waals surface area contributed by atoms with Crippen LogP contribution in [0, 0.1) is 0 Å². The van der Waals surface area contributed by atoms with Crippen LogP contribution in [0.3, 0.4) is 0 Å². The van der Waals surface area contributed by atoms with Gasteiger partial charge in [-0.2, -0.15) is 0 Å². The monoisotopic (exact) mass is 462 g/mol. The number of hydrogen-bond acceptors (Lipinski definition) is 4. The Morgan fingerprint density at radius 1 is 1.07 bits per heavy atom. The van der Waals surface area contributed by atoms with E-state index in [0.29, 0.717) is 13.2 Å². The zero-order valence-corrected chi connectivity index (χ0v) is 18.5. The molecule has 0 atom stereocenters. The van der Waals surface area contributed by atoms with E-state index in [1.807, 2.05) is 23.5 Å². The van der Waals surface area contributed by atoms with Crippen molar-refractivity contribution in [1.82, 2.24) is 9.80 Å². The van der Waals surface area contributed by atoms with Crippen LogP contribution in [0.1, 0.15) is 23.3 Å². The first kappa shape index (κ1) is 20.1. The Labute approximate surface area is 179 Å². The van der Waals surface area contributed by atoms with Crippen LogP contribution in [0.25, 0.3) is 0 Å². The molecule has 0 aliphatic carbocycles. The molecule has 150 valence electrons. The van der Waals surface area contributed by atoms with Crippen molar-refractivity contribution >= 4 is 33.2 Å². The van der Waals surface area contributed by atoms with Gasteiger partial charge < -0.3 is 9.64 Å². The van der Waals surface area contributed by atoms with Crippen LogP contribution < -0.4 is 0 Å². The highest BCUT2D eigenvalue weighted by atomic mass is 79.9. The second-order valence-corrected chi connectivity index (χ2v) is 9.61. The summed E-state index contributed by atoms with van der Waals surface area (Å²) in [5.74, 6) is 0.288. The van der Waals surface area contributed by atoms with Gasteiger partial charge in [0.05, 0.1) is 5.41 Å². The maximum atomic E-state index is 13.7. The summed E-state index contributed by atoms with van der Waals surface area (Å²) in [5.41, 5.74) is 0.696. The molecule has 0 spiro atoms. The number of hydrogen-bond donors (Lipinski definition) is 0. The number of thiophene rings is 1. The van der Waals surface area contributed by atoms with Crippen LogP contribution in [0.4, 0.5) is 0 Å². The average molecular weight is 463 g/mol. The molecular weight excluding hydrogens is 436 g/mol. The summed E-state index contributed by atoms with van der Waals surface area (Å²) in [5, 5.41) is 2.14. The van der Waals surface area contributed by atoms with Crippen LogP contribution in [-0.2, 0) is 21.4 Å². The van der Waals surface area contributed by atoms with Gasteiger partial charge in [-0.15, -0.1) is 11.3 Å². The van der Waals surface area contributed by atoms with Gasteiger partial charge in [-0.25, -0.2) is 0 Å². The molecule has 6 heteroatoms. The first-order valence-corrected chi connectivity index (χ1v) is 11.7. The zero-order valence-electron chi connectivity index (χ0n) is 16.1. The standard InChI is InChI=1S/C22H27BrN2O2S/c23-19-5-3-18(4-6-19)22(8-15-27-16-9-22)21(26)25-13-11-24(12-14-25)10-7-20-2-1-17-28-20/h1-6,17H,7-16H2. The summed E-state index contributed by atoms with van der Waals surface area (Å²) >= 11 is 5.34. The van der Waals surface area contributed by atoms with Crippen molar-refractivity contribution in [3.05, 3.63) is 56.7 Å². The molecule has 0 bridgehead atoms. The third-order valence-electron chi connectivity index (χ3n) is 6.07. The minimum absolute atomic E-state index is 0.288. The van der Waals surface area contributed by atoms with E-state index in [9.17, 15) is 4.79 Å². The molecule has 28 heavy (non-hydrogen) atoms. The van der Waals surface area contributed by atoms with E-state index in [1.54, 1.807) is 0 Å². The Bertz CT molecular complexity index is 764. The summed E-state index contributed by atoms with van der Waals surface area (Å²) in [6.45, 7) is 5.96. The highest BCUT2D eigenvalue weighted by Gasteiger charge is 2.44. The van der Waals surface area contributed by atoms with Gasteiger partial charge in [-0.3, -0.25) is 9.69 Å². The van der Waals surface area contributed by atoms with E-state index in [1.165, 1.54) is 4.88 Å². The van der Waals surface area contributed by atoms with Gasteiger partial charge in [-0.05, 0) is 48.4 Å². The van der Waals surface area contributed by atoms with Crippen molar-refractivity contribution in [1.29, 1.82) is 0 Å². The maximum absolute atomic E-state index is 13.7. The molecule has 0 N–H and O–H groups in total. The number of carbonyl (C=O) groups is 1. The Hall–Kier alpha value is -1.21. The maximum Gasteiger partial charge on any atom is 0.233 e. The van der Waals surface area contributed by atoms with Crippen molar-refractivity contribution < 1.29 is 9.53 Å². The Balaban J connectivity index is 1.41. The molecule has 2 aliphatic heterocycles. The highest BCUT2D eigenvalue weighted by Crippen LogP contribution is 2.37. The Morgan fingerprint density at radius 2 is 1.79 bits per heavy atom. The van der Waals surface area contributed by atoms with E-state index < -0.39 is 5.41 Å². The van der Waals surface area contributed by atoms with Gasteiger partial charge in [0.1, 0.15) is 0 Å². The summed E-state index contributed by atoms with van der Waals surface area (Å²) in [6.07, 6.45) is 2.64. The lowest BCUT2D eigenvalue weighted by atomic mass is 9.73. The largest absolute Gasteiger partial charge is 0.381 e. The third-order valence-corrected chi connectivity index (χ3v) is 7.53. The molecule has 1 aromatic carbocycles. The quantitative estimate of drug-likeness (QED) is 0.674. The van der Waals surface area contributed by atoms with Gasteiger partial charge >= 0.3 is 0 Å². The minimum atomic E-state index is -0.432. The Kier molecular flexibility index (Phi) is 6.51. The van der Waals surface area contributed by atoms with Gasteiger partial charge in [0.15, 0.2) is 0 Å². The zero-order chi connectivity index (χ0) is 19.4. The summed E-state index contributed by atoms with van der Waals surface area (Å²) in [6, 6.07) is 12.6. The van der Waals surface area contributed by atoms with Crippen LogP contribution in [-0.4, -0.2) is 61.6 Å². The highest BCUT2D eigenvalue weighted by molar-refractivity contribution is 9.10. The minimum Gasteiger partial charge on any atom is -0.381 e. The lowest BCUT2D eigenvalue weighted by Crippen LogP contribution is -2.56. The summed E-state index contributed by atoms with van der Waals surface area (Å²) in [4.78, 5) is 19.7. The first-order valence-electron chi connectivity index (χ1n) is 10.1. The molecule has 0 saturated carbocycles. The van der Waals surface area contributed by atoms with Crippen LogP contribution in [0.5, 0.6) is 0 Å². The molecule has 2 aliphatic rings. The molecule has 1 amide bonds. The number of nitrogens with zero attached hydrogens (tertiary/aromatic N) is 2. The second kappa shape index (κ2) is 9.08. The van der Waals surface area contributed by atoms with Gasteiger partial charge in [0.2, 0.25) is 5.91 Å². The number of benzene rings is 1. The normalized spacial score (nSPS) is 20.2. The average Bonchev–Trinajstić information content (AvgIpc) is 3.27. The molecule has 2 aromatic rings. The number of carbonyl (C=O) groups excluding carboxylic acids is 1. The third kappa shape index (κ3) is 4.35. The first-order chi connectivity index (χ1) is 13.7. The van der Waals surface area contributed by atoms with E-state index in [0.717, 1.165) is 62.0 Å². The van der Waals surface area contributed by atoms with Crippen molar-refractivity contribution in [3.63, 3.8) is 0 Å². The van der Waals surface area contributed by atoms with E-state index >= 15 is 0 Å². The predicted molar refractivity (Wildman–Crippen MR) is 117 cm³/mol. The van der Waals surface area contributed by atoms with Crippen molar-refractivity contribution in [3.8, 4) is 0 Å². The van der Waals surface area contributed by atoms with Gasteiger partial charge in [0.25, 0.3) is 0 Å². The predicted octanol–water partition coefficient (Wildman–Crippen LogP) is 3.95. The molecule has 4 rings (SSSR count). The van der Waals surface area contributed by atoms with Crippen LogP contribution in [0.2, 0.25) is 0 Å². The van der Waals surface area contributed by atoms with E-state index in [4.69, 9.17) is 4.74 Å². The topological polar surface area (TPSA) is 32.8 Å². The van der Waals surface area contributed by atoms with Gasteiger partial charge in [-0.1, -0.05) is 34.1 Å². The van der Waals surface area contributed by atoms with Gasteiger partial charge in [0, 0.05) is 55.3 Å². The lowest BCUT2D eigenvalue weighted by Gasteiger charge is -2.43. The van der Waals surface area contributed by atoms with Crippen molar-refractivity contribution in [2.45, 2.75) is 24.7 Å². The Morgan fingerprint density at radius 3 is 2.43 bits per heavy atom. The number of amides is 1. The van der Waals surface area contributed by atoms with Crippen LogP contribution in [0.15, 0.2) is 46.3 Å². The number of rotatable bonds is 5. The van der Waals surface area contributed by atoms with Crippen molar-refractivity contribution in [2.75, 3.05) is 45.9 Å². The molecule has 4 nitrogen and oxygen atoms in total. The molecule has 2 saturated heterocycles.